The van der Waals surface area contributed by atoms with E-state index in [0.717, 1.165) is 11.6 Å². The van der Waals surface area contributed by atoms with Gasteiger partial charge in [-0.3, -0.25) is 0 Å². The molecule has 94 valence electrons. The molecule has 0 aliphatic rings. The molecule has 2 aromatic carbocycles. The number of rotatable bonds is 1. The van der Waals surface area contributed by atoms with Gasteiger partial charge in [-0.1, -0.05) is 41.9 Å². The summed E-state index contributed by atoms with van der Waals surface area (Å²) in [5.74, 6) is 0. The van der Waals surface area contributed by atoms with Gasteiger partial charge in [0.15, 0.2) is 0 Å². The zero-order valence-electron chi connectivity index (χ0n) is 9.55. The second kappa shape index (κ2) is 4.65. The molecular formula is C14H10ClF3. The van der Waals surface area contributed by atoms with Gasteiger partial charge in [0.1, 0.15) is 0 Å². The average molecular weight is 271 g/mol. The molecule has 0 amide bonds. The maximum absolute atomic E-state index is 12.7. The fourth-order valence-corrected chi connectivity index (χ4v) is 2.10. The molecule has 0 unspecified atom stereocenters. The van der Waals surface area contributed by atoms with E-state index in [2.05, 4.69) is 0 Å². The summed E-state index contributed by atoms with van der Waals surface area (Å²) in [6.45, 7) is 1.65. The Morgan fingerprint density at radius 2 is 1.61 bits per heavy atom. The first-order valence-corrected chi connectivity index (χ1v) is 5.70. The molecule has 0 aliphatic carbocycles. The van der Waals surface area contributed by atoms with Crippen LogP contribution in [0, 0.1) is 6.92 Å². The third kappa shape index (κ3) is 2.51. The van der Waals surface area contributed by atoms with Crippen molar-refractivity contribution in [2.24, 2.45) is 0 Å². The van der Waals surface area contributed by atoms with Gasteiger partial charge >= 0.3 is 6.18 Å². The van der Waals surface area contributed by atoms with Gasteiger partial charge in [0.25, 0.3) is 0 Å². The molecule has 2 aromatic rings. The Morgan fingerprint density at radius 1 is 1.00 bits per heavy atom. The Kier molecular flexibility index (Phi) is 3.35. The van der Waals surface area contributed by atoms with Gasteiger partial charge in [-0.25, -0.2) is 0 Å². The smallest absolute Gasteiger partial charge is 0.166 e. The zero-order chi connectivity index (χ0) is 13.3. The quantitative estimate of drug-likeness (QED) is 0.657. The van der Waals surface area contributed by atoms with E-state index in [4.69, 9.17) is 11.6 Å². The van der Waals surface area contributed by atoms with Crippen molar-refractivity contribution in [2.75, 3.05) is 0 Å². The van der Waals surface area contributed by atoms with Crippen molar-refractivity contribution in [1.29, 1.82) is 0 Å². The molecule has 0 saturated heterocycles. The molecule has 0 nitrogen and oxygen atoms in total. The summed E-state index contributed by atoms with van der Waals surface area (Å²) in [4.78, 5) is 0. The van der Waals surface area contributed by atoms with Crippen molar-refractivity contribution in [3.8, 4) is 11.1 Å². The van der Waals surface area contributed by atoms with Gasteiger partial charge in [0.05, 0.1) is 10.6 Å². The summed E-state index contributed by atoms with van der Waals surface area (Å²) in [7, 11) is 0. The first kappa shape index (κ1) is 13.0. The van der Waals surface area contributed by atoms with E-state index >= 15 is 0 Å². The number of aryl methyl sites for hydroxylation is 1. The predicted octanol–water partition coefficient (Wildman–Crippen LogP) is 5.33. The average Bonchev–Trinajstić information content (AvgIpc) is 2.31. The van der Waals surface area contributed by atoms with Crippen molar-refractivity contribution in [1.82, 2.24) is 0 Å². The van der Waals surface area contributed by atoms with Crippen LogP contribution in [0.15, 0.2) is 42.5 Å². The fourth-order valence-electron chi connectivity index (χ4n) is 1.83. The second-order valence-electron chi connectivity index (χ2n) is 4.01. The van der Waals surface area contributed by atoms with Crippen LogP contribution in [0.25, 0.3) is 11.1 Å². The molecule has 0 aromatic heterocycles. The van der Waals surface area contributed by atoms with E-state index in [1.54, 1.807) is 6.92 Å². The first-order valence-electron chi connectivity index (χ1n) is 5.32. The molecule has 2 rings (SSSR count). The molecule has 0 atom stereocenters. The third-order valence-corrected chi connectivity index (χ3v) is 3.02. The second-order valence-corrected chi connectivity index (χ2v) is 4.42. The van der Waals surface area contributed by atoms with E-state index in [-0.39, 0.29) is 5.02 Å². The highest BCUT2D eigenvalue weighted by atomic mass is 35.5. The maximum atomic E-state index is 12.7. The molecule has 0 saturated carbocycles. The molecule has 0 spiro atoms. The summed E-state index contributed by atoms with van der Waals surface area (Å²) >= 11 is 5.72. The Bertz CT molecular complexity index is 559. The minimum Gasteiger partial charge on any atom is -0.166 e. The van der Waals surface area contributed by atoms with Crippen molar-refractivity contribution in [3.05, 3.63) is 58.6 Å². The van der Waals surface area contributed by atoms with Gasteiger partial charge in [-0.2, -0.15) is 13.2 Å². The van der Waals surface area contributed by atoms with E-state index in [9.17, 15) is 13.2 Å². The third-order valence-electron chi connectivity index (χ3n) is 2.70. The van der Waals surface area contributed by atoms with Crippen molar-refractivity contribution in [2.45, 2.75) is 13.1 Å². The van der Waals surface area contributed by atoms with Gasteiger partial charge in [-0.05, 0) is 35.7 Å². The molecule has 0 aliphatic heterocycles. The molecule has 0 fully saturated rings. The van der Waals surface area contributed by atoms with Gasteiger partial charge in [0.2, 0.25) is 0 Å². The van der Waals surface area contributed by atoms with Crippen LogP contribution < -0.4 is 0 Å². The van der Waals surface area contributed by atoms with E-state index in [1.807, 2.05) is 30.3 Å². The van der Waals surface area contributed by atoms with Crippen molar-refractivity contribution in [3.63, 3.8) is 0 Å². The van der Waals surface area contributed by atoms with Crippen LogP contribution in [0.3, 0.4) is 0 Å². The van der Waals surface area contributed by atoms with Crippen LogP contribution in [0.1, 0.15) is 11.1 Å². The number of hydrogen-bond donors (Lipinski definition) is 0. The highest BCUT2D eigenvalue weighted by molar-refractivity contribution is 6.31. The van der Waals surface area contributed by atoms with E-state index in [1.165, 1.54) is 6.07 Å². The van der Waals surface area contributed by atoms with Gasteiger partial charge < -0.3 is 0 Å². The topological polar surface area (TPSA) is 0 Å². The largest absolute Gasteiger partial charge is 0.417 e. The molecule has 0 N–H and O–H groups in total. The van der Waals surface area contributed by atoms with Crippen molar-refractivity contribution >= 4 is 11.6 Å². The number of alkyl halides is 3. The molecule has 0 radical (unpaired) electrons. The Labute approximate surface area is 108 Å². The number of halogens is 4. The van der Waals surface area contributed by atoms with Crippen LogP contribution in [-0.4, -0.2) is 0 Å². The van der Waals surface area contributed by atoms with Gasteiger partial charge in [0, 0.05) is 0 Å². The van der Waals surface area contributed by atoms with E-state index in [0.29, 0.717) is 11.1 Å². The lowest BCUT2D eigenvalue weighted by Crippen LogP contribution is -2.06. The van der Waals surface area contributed by atoms with Crippen LogP contribution in [-0.2, 0) is 6.18 Å². The number of benzene rings is 2. The van der Waals surface area contributed by atoms with E-state index < -0.39 is 11.7 Å². The summed E-state index contributed by atoms with van der Waals surface area (Å²) in [5.41, 5.74) is 1.33. The zero-order valence-corrected chi connectivity index (χ0v) is 10.3. The summed E-state index contributed by atoms with van der Waals surface area (Å²) in [6, 6.07) is 11.7. The minimum atomic E-state index is -4.42. The van der Waals surface area contributed by atoms with Crippen LogP contribution in [0.2, 0.25) is 5.02 Å². The predicted molar refractivity (Wildman–Crippen MR) is 66.6 cm³/mol. The highest BCUT2D eigenvalue weighted by Gasteiger charge is 2.33. The lowest BCUT2D eigenvalue weighted by atomic mass is 9.98. The first-order chi connectivity index (χ1) is 8.39. The standard InChI is InChI=1S/C14H10ClF3/c1-9-7-12(14(16,17)18)13(15)8-11(9)10-5-3-2-4-6-10/h2-8H,1H3. The lowest BCUT2D eigenvalue weighted by Gasteiger charge is -2.13. The SMILES string of the molecule is Cc1cc(C(F)(F)F)c(Cl)cc1-c1ccccc1. The summed E-state index contributed by atoms with van der Waals surface area (Å²) in [6.07, 6.45) is -4.42. The lowest BCUT2D eigenvalue weighted by molar-refractivity contribution is -0.137. The highest BCUT2D eigenvalue weighted by Crippen LogP contribution is 2.38. The minimum absolute atomic E-state index is 0.271. The molecule has 18 heavy (non-hydrogen) atoms. The molecule has 0 bridgehead atoms. The monoisotopic (exact) mass is 270 g/mol. The fraction of sp³-hybridized carbons (Fsp3) is 0.143. The maximum Gasteiger partial charge on any atom is 0.417 e. The van der Waals surface area contributed by atoms with Crippen LogP contribution in [0.4, 0.5) is 13.2 Å². The number of hydrogen-bond acceptors (Lipinski definition) is 0. The summed E-state index contributed by atoms with van der Waals surface area (Å²) < 4.78 is 38.0. The Morgan fingerprint density at radius 3 is 2.17 bits per heavy atom. The van der Waals surface area contributed by atoms with Crippen LogP contribution in [0.5, 0.6) is 0 Å². The van der Waals surface area contributed by atoms with Gasteiger partial charge in [-0.15, -0.1) is 0 Å². The van der Waals surface area contributed by atoms with Crippen molar-refractivity contribution < 1.29 is 13.2 Å². The summed E-state index contributed by atoms with van der Waals surface area (Å²) in [5, 5.41) is -0.271. The Hall–Kier alpha value is -1.48. The normalized spacial score (nSPS) is 11.6. The Balaban J connectivity index is 2.57. The molecule has 4 heteroatoms. The van der Waals surface area contributed by atoms with Crippen LogP contribution >= 0.6 is 11.6 Å². The molecule has 0 heterocycles. The molecular weight excluding hydrogens is 261 g/mol.